The monoisotopic (exact) mass is 330 g/mol. The molecule has 2 N–H and O–H groups in total. The Bertz CT molecular complexity index is 619. The fraction of sp³-hybridized carbons (Fsp3) is 0.278. The minimum absolute atomic E-state index is 0.259. The third kappa shape index (κ3) is 6.18. The maximum Gasteiger partial charge on any atom is 0.338 e. The van der Waals surface area contributed by atoms with E-state index in [1.807, 2.05) is 54.6 Å². The van der Waals surface area contributed by atoms with Gasteiger partial charge in [0.25, 0.3) is 0 Å². The zero-order chi connectivity index (χ0) is 17.0. The zero-order valence-electron chi connectivity index (χ0n) is 13.7. The summed E-state index contributed by atoms with van der Waals surface area (Å²) in [7, 11) is 1.63. The van der Waals surface area contributed by atoms with Crippen LogP contribution in [0.1, 0.15) is 5.56 Å². The van der Waals surface area contributed by atoms with Gasteiger partial charge in [-0.3, -0.25) is 4.84 Å². The van der Waals surface area contributed by atoms with E-state index in [4.69, 9.17) is 14.3 Å². The largest absolute Gasteiger partial charge is 0.496 e. The second-order valence-electron chi connectivity index (χ2n) is 4.93. The lowest BCUT2D eigenvalue weighted by atomic mass is 10.1. The van der Waals surface area contributed by atoms with Gasteiger partial charge in [0.05, 0.1) is 7.11 Å². The highest BCUT2D eigenvalue weighted by Gasteiger charge is 2.03. The van der Waals surface area contributed by atoms with Crippen LogP contribution in [-0.4, -0.2) is 32.9 Å². The zero-order valence-corrected chi connectivity index (χ0v) is 13.7. The molecular weight excluding hydrogens is 308 g/mol. The number of carbonyl (C=O) groups excluding carboxylic acids is 1. The molecule has 128 valence electrons. The molecule has 0 aliphatic carbocycles. The van der Waals surface area contributed by atoms with Crippen LogP contribution in [0.4, 0.5) is 4.79 Å². The van der Waals surface area contributed by atoms with Crippen LogP contribution in [0.15, 0.2) is 54.6 Å². The van der Waals surface area contributed by atoms with E-state index in [1.165, 1.54) is 0 Å². The Hall–Kier alpha value is -2.73. The second-order valence-corrected chi connectivity index (χ2v) is 4.93. The van der Waals surface area contributed by atoms with Crippen LogP contribution < -0.4 is 20.3 Å². The first-order chi connectivity index (χ1) is 11.8. The summed E-state index contributed by atoms with van der Waals surface area (Å²) in [6.07, 6.45) is 0.675. The van der Waals surface area contributed by atoms with Gasteiger partial charge in [0, 0.05) is 6.54 Å². The Morgan fingerprint density at radius 1 is 1.00 bits per heavy atom. The predicted octanol–water partition coefficient (Wildman–Crippen LogP) is 2.55. The average Bonchev–Trinajstić information content (AvgIpc) is 2.63. The Morgan fingerprint density at radius 3 is 2.54 bits per heavy atom. The number of hydrogen-bond acceptors (Lipinski definition) is 4. The second kappa shape index (κ2) is 10.1. The summed E-state index contributed by atoms with van der Waals surface area (Å²) in [6, 6.07) is 16.7. The summed E-state index contributed by atoms with van der Waals surface area (Å²) in [5.41, 5.74) is 3.36. The molecule has 2 amide bonds. The SMILES string of the molecule is COc1ccccc1CCNC(=O)NOCCOc1ccccc1. The minimum atomic E-state index is -0.385. The van der Waals surface area contributed by atoms with Gasteiger partial charge >= 0.3 is 6.03 Å². The molecule has 0 unspecified atom stereocenters. The molecule has 0 atom stereocenters. The Morgan fingerprint density at radius 2 is 1.75 bits per heavy atom. The lowest BCUT2D eigenvalue weighted by Crippen LogP contribution is -2.37. The highest BCUT2D eigenvalue weighted by atomic mass is 16.7. The number of para-hydroxylation sites is 2. The standard InChI is InChI=1S/C18H22N2O4/c1-22-17-10-6-5-7-15(17)11-12-19-18(21)20-24-14-13-23-16-8-3-2-4-9-16/h2-10H,11-14H2,1H3,(H2,19,20,21). The number of amides is 2. The van der Waals surface area contributed by atoms with Gasteiger partial charge in [-0.1, -0.05) is 36.4 Å². The molecule has 0 spiro atoms. The molecule has 6 heteroatoms. The third-order valence-electron chi connectivity index (χ3n) is 3.23. The average molecular weight is 330 g/mol. The molecule has 6 nitrogen and oxygen atoms in total. The van der Waals surface area contributed by atoms with Crippen LogP contribution in [-0.2, 0) is 11.3 Å². The van der Waals surface area contributed by atoms with Crippen molar-refractivity contribution in [1.29, 1.82) is 0 Å². The number of hydrogen-bond donors (Lipinski definition) is 2. The smallest absolute Gasteiger partial charge is 0.338 e. The fourth-order valence-electron chi connectivity index (χ4n) is 2.09. The number of methoxy groups -OCH3 is 1. The van der Waals surface area contributed by atoms with Crippen molar-refractivity contribution in [3.05, 3.63) is 60.2 Å². The van der Waals surface area contributed by atoms with Gasteiger partial charge in [-0.25, -0.2) is 10.3 Å². The van der Waals surface area contributed by atoms with Crippen molar-refractivity contribution in [3.63, 3.8) is 0 Å². The Kier molecular flexibility index (Phi) is 7.43. The van der Waals surface area contributed by atoms with Crippen molar-refractivity contribution in [3.8, 4) is 11.5 Å². The van der Waals surface area contributed by atoms with E-state index in [1.54, 1.807) is 7.11 Å². The molecule has 0 bridgehead atoms. The maximum absolute atomic E-state index is 11.6. The van der Waals surface area contributed by atoms with Gasteiger partial charge in [-0.15, -0.1) is 0 Å². The van der Waals surface area contributed by atoms with Crippen molar-refractivity contribution >= 4 is 6.03 Å². The van der Waals surface area contributed by atoms with Crippen molar-refractivity contribution < 1.29 is 19.1 Å². The van der Waals surface area contributed by atoms with E-state index in [-0.39, 0.29) is 12.6 Å². The number of benzene rings is 2. The molecule has 2 aromatic carbocycles. The number of rotatable bonds is 9. The molecule has 0 saturated heterocycles. The minimum Gasteiger partial charge on any atom is -0.496 e. The molecule has 2 rings (SSSR count). The van der Waals surface area contributed by atoms with Crippen molar-refractivity contribution in [2.45, 2.75) is 6.42 Å². The van der Waals surface area contributed by atoms with Crippen LogP contribution >= 0.6 is 0 Å². The third-order valence-corrected chi connectivity index (χ3v) is 3.23. The number of carbonyl (C=O) groups is 1. The number of hydroxylamine groups is 1. The molecule has 0 aromatic heterocycles. The molecular formula is C18H22N2O4. The van der Waals surface area contributed by atoms with Crippen LogP contribution in [0.5, 0.6) is 11.5 Å². The molecule has 0 radical (unpaired) electrons. The number of nitrogens with one attached hydrogen (secondary N) is 2. The van der Waals surface area contributed by atoms with Gasteiger partial charge in [0.1, 0.15) is 24.7 Å². The van der Waals surface area contributed by atoms with Crippen LogP contribution in [0.25, 0.3) is 0 Å². The summed E-state index contributed by atoms with van der Waals surface area (Å²) in [6.45, 7) is 1.09. The van der Waals surface area contributed by atoms with Crippen molar-refractivity contribution in [2.75, 3.05) is 26.9 Å². The van der Waals surface area contributed by atoms with E-state index in [0.29, 0.717) is 19.6 Å². The maximum atomic E-state index is 11.6. The highest BCUT2D eigenvalue weighted by Crippen LogP contribution is 2.17. The first-order valence-corrected chi connectivity index (χ1v) is 7.75. The number of ether oxygens (including phenoxy) is 2. The summed E-state index contributed by atoms with van der Waals surface area (Å²) in [5.74, 6) is 1.58. The lowest BCUT2D eigenvalue weighted by Gasteiger charge is -2.10. The molecule has 0 aliphatic rings. The van der Waals surface area contributed by atoms with Crippen molar-refractivity contribution in [2.24, 2.45) is 0 Å². The van der Waals surface area contributed by atoms with Gasteiger partial charge < -0.3 is 14.8 Å². The van der Waals surface area contributed by atoms with Crippen molar-refractivity contribution in [1.82, 2.24) is 10.8 Å². The summed E-state index contributed by atoms with van der Waals surface area (Å²) >= 11 is 0. The normalized spacial score (nSPS) is 10.0. The van der Waals surface area contributed by atoms with E-state index in [2.05, 4.69) is 10.8 Å². The highest BCUT2D eigenvalue weighted by molar-refractivity contribution is 5.72. The van der Waals surface area contributed by atoms with Gasteiger partial charge in [0.15, 0.2) is 0 Å². The molecule has 0 heterocycles. The Labute approximate surface area is 141 Å². The first kappa shape index (κ1) is 17.6. The van der Waals surface area contributed by atoms with Gasteiger partial charge in [-0.05, 0) is 30.2 Å². The topological polar surface area (TPSA) is 68.8 Å². The lowest BCUT2D eigenvalue weighted by molar-refractivity contribution is 0.0415. The molecule has 0 saturated carbocycles. The van der Waals surface area contributed by atoms with E-state index in [9.17, 15) is 4.79 Å². The molecule has 0 aliphatic heterocycles. The first-order valence-electron chi connectivity index (χ1n) is 7.75. The quantitative estimate of drug-likeness (QED) is 0.548. The van der Waals surface area contributed by atoms with Crippen LogP contribution in [0, 0.1) is 0 Å². The number of urea groups is 1. The van der Waals surface area contributed by atoms with Gasteiger partial charge in [-0.2, -0.15) is 0 Å². The summed E-state index contributed by atoms with van der Waals surface area (Å²) in [5, 5.41) is 2.72. The van der Waals surface area contributed by atoms with E-state index < -0.39 is 0 Å². The van der Waals surface area contributed by atoms with E-state index >= 15 is 0 Å². The van der Waals surface area contributed by atoms with Gasteiger partial charge in [0.2, 0.25) is 0 Å². The van der Waals surface area contributed by atoms with Crippen LogP contribution in [0.3, 0.4) is 0 Å². The fourth-order valence-corrected chi connectivity index (χ4v) is 2.09. The summed E-state index contributed by atoms with van der Waals surface area (Å²) in [4.78, 5) is 16.7. The van der Waals surface area contributed by atoms with E-state index in [0.717, 1.165) is 17.1 Å². The molecule has 0 fully saturated rings. The molecule has 24 heavy (non-hydrogen) atoms. The predicted molar refractivity (Wildman–Crippen MR) is 91.1 cm³/mol. The Balaban J connectivity index is 1.55. The summed E-state index contributed by atoms with van der Waals surface area (Å²) < 4.78 is 10.7. The molecule has 2 aromatic rings. The van der Waals surface area contributed by atoms with Crippen LogP contribution in [0.2, 0.25) is 0 Å².